The molecule has 3 aromatic carbocycles. The molecule has 36 heavy (non-hydrogen) atoms. The lowest BCUT2D eigenvalue weighted by molar-refractivity contribution is 0.302. The highest BCUT2D eigenvalue weighted by Crippen LogP contribution is 2.39. The number of unbranched alkanes of at least 4 members (excludes halogenated alkanes) is 2. The summed E-state index contributed by atoms with van der Waals surface area (Å²) in [5.74, 6) is -1.17. The second kappa shape index (κ2) is 12.3. The molecule has 0 N–H and O–H groups in total. The van der Waals surface area contributed by atoms with Crippen LogP contribution in [0.2, 0.25) is 0 Å². The number of halogens is 3. The summed E-state index contributed by atoms with van der Waals surface area (Å²) in [6.45, 7) is 3.96. The molecule has 190 valence electrons. The molecule has 0 unspecified atom stereocenters. The first-order valence-electron chi connectivity index (χ1n) is 13.2. The van der Waals surface area contributed by atoms with Crippen LogP contribution in [0.4, 0.5) is 13.2 Å². The molecule has 3 aromatic rings. The molecule has 1 aliphatic rings. The van der Waals surface area contributed by atoms with Crippen molar-refractivity contribution < 1.29 is 17.9 Å². The van der Waals surface area contributed by atoms with Gasteiger partial charge in [-0.25, -0.2) is 8.78 Å². The van der Waals surface area contributed by atoms with Crippen molar-refractivity contribution in [3.63, 3.8) is 0 Å². The van der Waals surface area contributed by atoms with Crippen molar-refractivity contribution in [3.05, 3.63) is 90.0 Å². The Morgan fingerprint density at radius 3 is 2.11 bits per heavy atom. The van der Waals surface area contributed by atoms with Crippen molar-refractivity contribution in [1.82, 2.24) is 0 Å². The molecule has 1 fully saturated rings. The first-order valence-corrected chi connectivity index (χ1v) is 13.2. The number of hydrogen-bond donors (Lipinski definition) is 0. The van der Waals surface area contributed by atoms with Crippen LogP contribution in [0.15, 0.2) is 66.9 Å². The molecule has 0 radical (unpaired) electrons. The molecule has 1 saturated carbocycles. The maximum atomic E-state index is 15.1. The zero-order valence-electron chi connectivity index (χ0n) is 21.2. The van der Waals surface area contributed by atoms with Crippen LogP contribution in [0, 0.1) is 23.4 Å². The molecule has 4 heteroatoms. The predicted octanol–water partition coefficient (Wildman–Crippen LogP) is 10.2. The van der Waals surface area contributed by atoms with Gasteiger partial charge in [0.25, 0.3) is 0 Å². The minimum atomic E-state index is -1.04. The maximum Gasteiger partial charge on any atom is 0.201 e. The summed E-state index contributed by atoms with van der Waals surface area (Å²) in [5, 5.41) is 0. The molecule has 1 aliphatic carbocycles. The van der Waals surface area contributed by atoms with E-state index in [0.717, 1.165) is 24.3 Å². The quantitative estimate of drug-likeness (QED) is 0.213. The molecular formula is C32H35F3O. The van der Waals surface area contributed by atoms with Gasteiger partial charge in [0.05, 0.1) is 6.26 Å². The van der Waals surface area contributed by atoms with Gasteiger partial charge in [-0.1, -0.05) is 75.1 Å². The van der Waals surface area contributed by atoms with E-state index in [4.69, 9.17) is 4.74 Å². The Balaban J connectivity index is 1.45. The number of rotatable bonds is 9. The average Bonchev–Trinajstić information content (AvgIpc) is 2.90. The van der Waals surface area contributed by atoms with E-state index >= 15 is 4.39 Å². The molecule has 0 aromatic heterocycles. The van der Waals surface area contributed by atoms with Gasteiger partial charge in [0.15, 0.2) is 11.6 Å². The molecular weight excluding hydrogens is 457 g/mol. The fourth-order valence-electron chi connectivity index (χ4n) is 5.30. The highest BCUT2D eigenvalue weighted by Gasteiger charge is 2.23. The van der Waals surface area contributed by atoms with Gasteiger partial charge < -0.3 is 4.74 Å². The van der Waals surface area contributed by atoms with Crippen LogP contribution in [0.1, 0.15) is 76.7 Å². The Hall–Kier alpha value is -3.01. The molecule has 0 aliphatic heterocycles. The van der Waals surface area contributed by atoms with Gasteiger partial charge in [-0.3, -0.25) is 0 Å². The fourth-order valence-corrected chi connectivity index (χ4v) is 5.30. The molecule has 0 heterocycles. The molecule has 0 atom stereocenters. The minimum Gasteiger partial charge on any atom is -0.462 e. The summed E-state index contributed by atoms with van der Waals surface area (Å²) in [5.41, 5.74) is 2.95. The van der Waals surface area contributed by atoms with Crippen molar-refractivity contribution >= 4 is 0 Å². The second-order valence-corrected chi connectivity index (χ2v) is 9.86. The summed E-state index contributed by atoms with van der Waals surface area (Å²) in [6, 6.07) is 15.3. The van der Waals surface area contributed by atoms with E-state index in [0.29, 0.717) is 22.6 Å². The minimum absolute atomic E-state index is 0.132. The highest BCUT2D eigenvalue weighted by atomic mass is 19.2. The number of hydrogen-bond acceptors (Lipinski definition) is 1. The highest BCUT2D eigenvalue weighted by molar-refractivity contribution is 5.71. The van der Waals surface area contributed by atoms with Gasteiger partial charge in [-0.15, -0.1) is 0 Å². The van der Waals surface area contributed by atoms with Crippen LogP contribution in [0.25, 0.3) is 22.3 Å². The second-order valence-electron chi connectivity index (χ2n) is 9.86. The van der Waals surface area contributed by atoms with Crippen molar-refractivity contribution in [2.75, 3.05) is 0 Å². The van der Waals surface area contributed by atoms with E-state index in [1.807, 2.05) is 12.1 Å². The SMILES string of the molecule is C/C=C\Oc1ccc(-c2ccc(-c3ccc(C4CCC(CCCCC)CC4)cc3F)cc2)c(F)c1F. The molecule has 0 amide bonds. The molecule has 0 saturated heterocycles. The fraction of sp³-hybridized carbons (Fsp3) is 0.375. The summed E-state index contributed by atoms with van der Waals surface area (Å²) < 4.78 is 49.2. The first kappa shape index (κ1) is 26.1. The summed E-state index contributed by atoms with van der Waals surface area (Å²) in [6.07, 6.45) is 12.9. The predicted molar refractivity (Wildman–Crippen MR) is 141 cm³/mol. The van der Waals surface area contributed by atoms with E-state index in [1.165, 1.54) is 56.9 Å². The molecule has 0 bridgehead atoms. The Bertz CT molecular complexity index is 1170. The van der Waals surface area contributed by atoms with Crippen LogP contribution < -0.4 is 4.74 Å². The topological polar surface area (TPSA) is 9.23 Å². The normalized spacial score (nSPS) is 18.0. The maximum absolute atomic E-state index is 15.1. The van der Waals surface area contributed by atoms with E-state index < -0.39 is 11.6 Å². The van der Waals surface area contributed by atoms with Crippen molar-refractivity contribution in [2.24, 2.45) is 5.92 Å². The van der Waals surface area contributed by atoms with Crippen molar-refractivity contribution in [2.45, 2.75) is 71.1 Å². The van der Waals surface area contributed by atoms with Crippen LogP contribution in [-0.2, 0) is 0 Å². The van der Waals surface area contributed by atoms with Gasteiger partial charge >= 0.3 is 0 Å². The van der Waals surface area contributed by atoms with Crippen LogP contribution in [0.5, 0.6) is 5.75 Å². The van der Waals surface area contributed by atoms with Crippen LogP contribution >= 0.6 is 0 Å². The Kier molecular flexibility index (Phi) is 8.90. The van der Waals surface area contributed by atoms with Crippen LogP contribution in [-0.4, -0.2) is 0 Å². The lowest BCUT2D eigenvalue weighted by Crippen LogP contribution is -2.13. The average molecular weight is 493 g/mol. The summed E-state index contributed by atoms with van der Waals surface area (Å²) in [7, 11) is 0. The number of benzene rings is 3. The Labute approximate surface area is 213 Å². The summed E-state index contributed by atoms with van der Waals surface area (Å²) in [4.78, 5) is 0. The van der Waals surface area contributed by atoms with Gasteiger partial charge in [0, 0.05) is 11.1 Å². The van der Waals surface area contributed by atoms with Gasteiger partial charge in [-0.05, 0) is 79.3 Å². The van der Waals surface area contributed by atoms with Crippen molar-refractivity contribution in [3.8, 4) is 28.0 Å². The van der Waals surface area contributed by atoms with Crippen LogP contribution in [0.3, 0.4) is 0 Å². The third-order valence-electron chi connectivity index (χ3n) is 7.41. The van der Waals surface area contributed by atoms with Gasteiger partial charge in [-0.2, -0.15) is 4.39 Å². The number of allylic oxidation sites excluding steroid dienone is 1. The Morgan fingerprint density at radius 1 is 0.806 bits per heavy atom. The number of ether oxygens (including phenoxy) is 1. The van der Waals surface area contributed by atoms with Crippen molar-refractivity contribution in [1.29, 1.82) is 0 Å². The standard InChI is InChI=1S/C32H35F3O/c1-3-5-6-7-22-8-10-23(11-9-22)26-16-17-27(29(33)21-26)24-12-14-25(15-13-24)28-18-19-30(36-20-4-2)32(35)31(28)34/h4,12-23H,3,5-11H2,1-2H3/b20-4-. The van der Waals surface area contributed by atoms with E-state index in [1.54, 1.807) is 43.3 Å². The monoisotopic (exact) mass is 492 g/mol. The molecule has 4 rings (SSSR count). The molecule has 1 nitrogen and oxygen atoms in total. The smallest absolute Gasteiger partial charge is 0.201 e. The Morgan fingerprint density at radius 2 is 1.47 bits per heavy atom. The zero-order chi connectivity index (χ0) is 25.5. The molecule has 0 spiro atoms. The first-order chi connectivity index (χ1) is 17.5. The van der Waals surface area contributed by atoms with E-state index in [9.17, 15) is 8.78 Å². The third-order valence-corrected chi connectivity index (χ3v) is 7.41. The zero-order valence-corrected chi connectivity index (χ0v) is 21.2. The lowest BCUT2D eigenvalue weighted by Gasteiger charge is -2.29. The van der Waals surface area contributed by atoms with E-state index in [-0.39, 0.29) is 17.1 Å². The van der Waals surface area contributed by atoms with Gasteiger partial charge in [0.2, 0.25) is 5.82 Å². The lowest BCUT2D eigenvalue weighted by atomic mass is 9.77. The van der Waals surface area contributed by atoms with E-state index in [2.05, 4.69) is 6.92 Å². The summed E-state index contributed by atoms with van der Waals surface area (Å²) >= 11 is 0. The third kappa shape index (κ3) is 6.03. The largest absolute Gasteiger partial charge is 0.462 e. The van der Waals surface area contributed by atoms with Gasteiger partial charge in [0.1, 0.15) is 5.82 Å².